The van der Waals surface area contributed by atoms with Gasteiger partial charge in [0.05, 0.1) is 0 Å². The maximum absolute atomic E-state index is 3.03. The number of aryl methyl sites for hydroxylation is 3. The van der Waals surface area contributed by atoms with E-state index in [1.54, 1.807) is 49.2 Å². The topological polar surface area (TPSA) is 3.24 Å². The van der Waals surface area contributed by atoms with E-state index in [0.29, 0.717) is 41.7 Å². The van der Waals surface area contributed by atoms with E-state index >= 15 is 0 Å². The van der Waals surface area contributed by atoms with E-state index in [1.807, 2.05) is 0 Å². The Bertz CT molecular complexity index is 2930. The summed E-state index contributed by atoms with van der Waals surface area (Å²) in [5.41, 5.74) is 12.7. The standard InChI is InChI=1S/C55H47NS/c1-32-47(31-35-26-25-33-13-2-4-15-36(33)51(35)50(32)44-22-12-24-49-52(44)43-21-10-11-23-48(43)57-49)56-45-29-27-34-14-3-5-16-37(34)54(45)55-46(56)30-28-42-40-19-7-6-17-38(40)39-18-8-9-20-41(39)53(42)55/h2-9,12-20,22,24-26,28,30,32-33,36,45,47,50,54H,10-11,21,23,27,29,31H2,1H3. The van der Waals surface area contributed by atoms with Crippen LogP contribution in [-0.2, 0) is 19.3 Å². The Morgan fingerprint density at radius 2 is 1.35 bits per heavy atom. The molecule has 13 rings (SSSR count). The molecule has 0 bridgehead atoms. The molecule has 1 nitrogen and oxygen atoms in total. The smallest absolute Gasteiger partial charge is 0.0418 e. The molecule has 6 aromatic carbocycles. The summed E-state index contributed by atoms with van der Waals surface area (Å²) in [6.45, 7) is 2.65. The molecule has 0 saturated heterocycles. The van der Waals surface area contributed by atoms with Crippen molar-refractivity contribution in [3.8, 4) is 0 Å². The summed E-state index contributed by atoms with van der Waals surface area (Å²) in [6, 6.07) is 41.1. The summed E-state index contributed by atoms with van der Waals surface area (Å²) in [4.78, 5) is 4.68. The van der Waals surface area contributed by atoms with Crippen molar-refractivity contribution in [1.82, 2.24) is 0 Å². The Morgan fingerprint density at radius 3 is 2.23 bits per heavy atom. The first-order valence-corrected chi connectivity index (χ1v) is 22.6. The van der Waals surface area contributed by atoms with Gasteiger partial charge in [0, 0.05) is 51.0 Å². The number of fused-ring (bicyclic) bond motifs is 17. The minimum atomic E-state index is 0.337. The van der Waals surface area contributed by atoms with Crippen molar-refractivity contribution < 1.29 is 0 Å². The van der Waals surface area contributed by atoms with Crippen molar-refractivity contribution in [3.05, 3.63) is 183 Å². The number of hydrogen-bond donors (Lipinski definition) is 0. The molecular formula is C55H47NS. The zero-order valence-electron chi connectivity index (χ0n) is 32.6. The minimum absolute atomic E-state index is 0.337. The van der Waals surface area contributed by atoms with Crippen LogP contribution in [0, 0.1) is 17.8 Å². The van der Waals surface area contributed by atoms with E-state index in [0.717, 1.165) is 12.8 Å². The molecule has 0 spiro atoms. The fourth-order valence-electron chi connectivity index (χ4n) is 13.1. The van der Waals surface area contributed by atoms with Gasteiger partial charge in [-0.05, 0) is 134 Å². The van der Waals surface area contributed by atoms with E-state index in [2.05, 4.69) is 163 Å². The Hall–Kier alpha value is -5.18. The van der Waals surface area contributed by atoms with E-state index < -0.39 is 0 Å². The van der Waals surface area contributed by atoms with E-state index in [4.69, 9.17) is 0 Å². The molecule has 0 N–H and O–H groups in total. The first kappa shape index (κ1) is 32.9. The van der Waals surface area contributed by atoms with Crippen LogP contribution in [-0.4, -0.2) is 12.1 Å². The van der Waals surface area contributed by atoms with Gasteiger partial charge in [0.25, 0.3) is 0 Å². The molecule has 1 aliphatic heterocycles. The van der Waals surface area contributed by atoms with Gasteiger partial charge in [-0.25, -0.2) is 0 Å². The van der Waals surface area contributed by atoms with Gasteiger partial charge in [-0.1, -0.05) is 140 Å². The number of hydrogen-bond acceptors (Lipinski definition) is 2. The lowest BCUT2D eigenvalue weighted by molar-refractivity contribution is 0.314. The van der Waals surface area contributed by atoms with Crippen molar-refractivity contribution in [2.75, 3.05) is 4.90 Å². The summed E-state index contributed by atoms with van der Waals surface area (Å²) < 4.78 is 1.51. The Morgan fingerprint density at radius 1 is 0.614 bits per heavy atom. The molecule has 7 aromatic rings. The monoisotopic (exact) mass is 753 g/mol. The highest BCUT2D eigenvalue weighted by molar-refractivity contribution is 7.19. The van der Waals surface area contributed by atoms with Crippen molar-refractivity contribution in [3.63, 3.8) is 0 Å². The summed E-state index contributed by atoms with van der Waals surface area (Å²) >= 11 is 2.09. The van der Waals surface area contributed by atoms with Gasteiger partial charge in [-0.3, -0.25) is 0 Å². The predicted molar refractivity (Wildman–Crippen MR) is 242 cm³/mol. The molecule has 1 aromatic heterocycles. The molecule has 7 atom stereocenters. The van der Waals surface area contributed by atoms with Gasteiger partial charge >= 0.3 is 0 Å². The average molecular weight is 754 g/mol. The van der Waals surface area contributed by atoms with Crippen LogP contribution in [0.1, 0.15) is 77.1 Å². The molecule has 57 heavy (non-hydrogen) atoms. The minimum Gasteiger partial charge on any atom is -0.364 e. The molecule has 6 aliphatic rings. The first-order valence-electron chi connectivity index (χ1n) is 21.7. The molecule has 5 aliphatic carbocycles. The number of allylic oxidation sites excluding steroid dienone is 7. The number of anilines is 1. The van der Waals surface area contributed by atoms with Crippen molar-refractivity contribution in [2.24, 2.45) is 17.8 Å². The zero-order chi connectivity index (χ0) is 37.4. The third-order valence-corrected chi connectivity index (χ3v) is 16.6. The molecule has 2 heteroatoms. The summed E-state index contributed by atoms with van der Waals surface area (Å²) in [6.07, 6.45) is 23.2. The van der Waals surface area contributed by atoms with E-state index in [-0.39, 0.29) is 0 Å². The molecule has 0 radical (unpaired) electrons. The number of thiophene rings is 1. The lowest BCUT2D eigenvalue weighted by Gasteiger charge is -2.50. The van der Waals surface area contributed by atoms with Gasteiger partial charge in [0.1, 0.15) is 0 Å². The van der Waals surface area contributed by atoms with Crippen LogP contribution in [0.5, 0.6) is 0 Å². The second kappa shape index (κ2) is 12.4. The largest absolute Gasteiger partial charge is 0.364 e. The van der Waals surface area contributed by atoms with Crippen LogP contribution >= 0.6 is 11.3 Å². The highest BCUT2D eigenvalue weighted by atomic mass is 32.1. The maximum Gasteiger partial charge on any atom is 0.0418 e. The van der Waals surface area contributed by atoms with Crippen molar-refractivity contribution in [2.45, 2.75) is 75.8 Å². The molecule has 7 unspecified atom stereocenters. The number of benzene rings is 6. The SMILES string of the molecule is CC1C(c2cccc3sc4c(c23)CCCC4)C2=C(C=CC3C=CC=CC23)CC1N1c2ccc3c4ccccc4c4ccccc4c3c2C2c3ccccc3CCC21. The van der Waals surface area contributed by atoms with Crippen LogP contribution in [0.3, 0.4) is 0 Å². The second-order valence-corrected chi connectivity index (χ2v) is 19.1. The lowest BCUT2D eigenvalue weighted by Crippen LogP contribution is -2.50. The summed E-state index contributed by atoms with van der Waals surface area (Å²) in [7, 11) is 0. The molecule has 0 fully saturated rings. The Balaban J connectivity index is 1.07. The van der Waals surface area contributed by atoms with Crippen LogP contribution in [0.15, 0.2) is 151 Å². The summed E-state index contributed by atoms with van der Waals surface area (Å²) in [5, 5.41) is 9.99. The van der Waals surface area contributed by atoms with Gasteiger partial charge in [-0.2, -0.15) is 0 Å². The number of nitrogens with zero attached hydrogens (tertiary/aromatic N) is 1. The van der Waals surface area contributed by atoms with Crippen LogP contribution in [0.25, 0.3) is 42.4 Å². The summed E-state index contributed by atoms with van der Waals surface area (Å²) in [5.74, 6) is 2.01. The average Bonchev–Trinajstić information content (AvgIpc) is 3.82. The van der Waals surface area contributed by atoms with E-state index in [1.165, 1.54) is 74.8 Å². The van der Waals surface area contributed by atoms with E-state index in [9.17, 15) is 0 Å². The van der Waals surface area contributed by atoms with Crippen LogP contribution in [0.2, 0.25) is 0 Å². The van der Waals surface area contributed by atoms with Crippen LogP contribution in [0.4, 0.5) is 5.69 Å². The van der Waals surface area contributed by atoms with Crippen molar-refractivity contribution in [1.29, 1.82) is 0 Å². The third-order valence-electron chi connectivity index (χ3n) is 15.4. The Labute approximate surface area is 339 Å². The molecular weight excluding hydrogens is 707 g/mol. The molecule has 278 valence electrons. The quantitative estimate of drug-likeness (QED) is 0.159. The zero-order valence-corrected chi connectivity index (χ0v) is 33.4. The fourth-order valence-corrected chi connectivity index (χ4v) is 14.4. The Kier molecular flexibility index (Phi) is 7.15. The molecule has 0 saturated carbocycles. The second-order valence-electron chi connectivity index (χ2n) is 18.0. The van der Waals surface area contributed by atoms with Crippen LogP contribution < -0.4 is 4.90 Å². The highest BCUT2D eigenvalue weighted by Gasteiger charge is 2.51. The predicted octanol–water partition coefficient (Wildman–Crippen LogP) is 13.9. The lowest BCUT2D eigenvalue weighted by atomic mass is 9.61. The number of rotatable bonds is 2. The van der Waals surface area contributed by atoms with Gasteiger partial charge in [0.15, 0.2) is 0 Å². The van der Waals surface area contributed by atoms with Crippen molar-refractivity contribution >= 4 is 59.4 Å². The normalized spacial score (nSPS) is 27.1. The molecule has 2 heterocycles. The van der Waals surface area contributed by atoms with Gasteiger partial charge in [0.2, 0.25) is 0 Å². The maximum atomic E-state index is 3.03. The van der Waals surface area contributed by atoms with Gasteiger partial charge in [-0.15, -0.1) is 11.3 Å². The van der Waals surface area contributed by atoms with Gasteiger partial charge < -0.3 is 4.90 Å². The first-order chi connectivity index (χ1) is 28.2. The third kappa shape index (κ3) is 4.57. The highest BCUT2D eigenvalue weighted by Crippen LogP contribution is 2.59. The molecule has 0 amide bonds. The fraction of sp³-hybridized carbons (Fsp3) is 0.273.